The Labute approximate surface area is 174 Å². The zero-order valence-corrected chi connectivity index (χ0v) is 17.6. The Morgan fingerprint density at radius 3 is 2.38 bits per heavy atom. The lowest BCUT2D eigenvalue weighted by Gasteiger charge is -2.41. The standard InChI is InChI=1S/C22H27NO5S/c1-11(2)28-22(27)18-14-5-3-4-6-15(14)29-20(18)23-19(24)16-12-7-9-13(10-8-12)17(16)21(25)26/h7,9,11-13,16-17H,3-6,8,10H2,1-2H3,(H,23,24)(H,25,26)/t12-,13-,16+,17+/m0/s1. The number of aliphatic carboxylic acids is 1. The number of carbonyl (C=O) groups is 3. The molecule has 1 aromatic rings. The topological polar surface area (TPSA) is 92.7 Å². The monoisotopic (exact) mass is 417 g/mol. The molecule has 156 valence electrons. The molecule has 1 amide bonds. The summed E-state index contributed by atoms with van der Waals surface area (Å²) in [6.07, 6.45) is 9.10. The van der Waals surface area contributed by atoms with Crippen LogP contribution < -0.4 is 5.32 Å². The van der Waals surface area contributed by atoms with Crippen LogP contribution in [0.15, 0.2) is 12.2 Å². The number of esters is 1. The van der Waals surface area contributed by atoms with Crippen molar-refractivity contribution in [1.82, 2.24) is 0 Å². The molecule has 1 heterocycles. The molecule has 0 saturated heterocycles. The van der Waals surface area contributed by atoms with E-state index < -0.39 is 23.8 Å². The van der Waals surface area contributed by atoms with Gasteiger partial charge < -0.3 is 15.2 Å². The van der Waals surface area contributed by atoms with Crippen molar-refractivity contribution in [2.45, 2.75) is 58.5 Å². The van der Waals surface area contributed by atoms with Gasteiger partial charge in [-0.05, 0) is 69.8 Å². The molecule has 29 heavy (non-hydrogen) atoms. The Balaban J connectivity index is 1.64. The number of rotatable bonds is 5. The van der Waals surface area contributed by atoms with Crippen LogP contribution in [0.3, 0.4) is 0 Å². The number of carbonyl (C=O) groups excluding carboxylic acids is 2. The van der Waals surface area contributed by atoms with E-state index in [1.54, 1.807) is 13.8 Å². The van der Waals surface area contributed by atoms with Gasteiger partial charge in [-0.1, -0.05) is 12.2 Å². The van der Waals surface area contributed by atoms with Crippen molar-refractivity contribution in [1.29, 1.82) is 0 Å². The normalized spacial score (nSPS) is 27.6. The van der Waals surface area contributed by atoms with E-state index in [4.69, 9.17) is 4.74 Å². The van der Waals surface area contributed by atoms with Crippen molar-refractivity contribution in [3.05, 3.63) is 28.2 Å². The van der Waals surface area contributed by atoms with Gasteiger partial charge in [0.1, 0.15) is 5.00 Å². The molecule has 6 nitrogen and oxygen atoms in total. The van der Waals surface area contributed by atoms with Crippen molar-refractivity contribution in [2.75, 3.05) is 5.32 Å². The predicted molar refractivity (Wildman–Crippen MR) is 110 cm³/mol. The summed E-state index contributed by atoms with van der Waals surface area (Å²) < 4.78 is 5.45. The number of ether oxygens (including phenoxy) is 1. The third-order valence-corrected chi connectivity index (χ3v) is 7.50. The molecule has 0 unspecified atom stereocenters. The highest BCUT2D eigenvalue weighted by Crippen LogP contribution is 2.46. The quantitative estimate of drug-likeness (QED) is 0.557. The van der Waals surface area contributed by atoms with Gasteiger partial charge >= 0.3 is 11.9 Å². The van der Waals surface area contributed by atoms with Gasteiger partial charge in [0.15, 0.2) is 0 Å². The lowest BCUT2D eigenvalue weighted by Crippen LogP contribution is -2.47. The van der Waals surface area contributed by atoms with Crippen molar-refractivity contribution < 1.29 is 24.2 Å². The Morgan fingerprint density at radius 1 is 1.10 bits per heavy atom. The van der Waals surface area contributed by atoms with Gasteiger partial charge in [0.05, 0.1) is 23.5 Å². The van der Waals surface area contributed by atoms with Crippen LogP contribution in [0.4, 0.5) is 5.00 Å². The number of nitrogens with one attached hydrogen (secondary N) is 1. The lowest BCUT2D eigenvalue weighted by atomic mass is 9.62. The number of amides is 1. The fourth-order valence-electron chi connectivity index (χ4n) is 5.03. The highest BCUT2D eigenvalue weighted by molar-refractivity contribution is 7.17. The van der Waals surface area contributed by atoms with E-state index in [9.17, 15) is 19.5 Å². The van der Waals surface area contributed by atoms with E-state index >= 15 is 0 Å². The zero-order valence-electron chi connectivity index (χ0n) is 16.8. The second-order valence-corrected chi connectivity index (χ2v) is 9.64. The number of carboxylic acid groups (broad SMARTS) is 1. The third kappa shape index (κ3) is 3.72. The number of hydrogen-bond acceptors (Lipinski definition) is 5. The maximum absolute atomic E-state index is 13.2. The number of hydrogen-bond donors (Lipinski definition) is 2. The van der Waals surface area contributed by atoms with E-state index in [0.29, 0.717) is 10.6 Å². The predicted octanol–water partition coefficient (Wildman–Crippen LogP) is 4.04. The van der Waals surface area contributed by atoms with Crippen molar-refractivity contribution in [2.24, 2.45) is 23.7 Å². The Morgan fingerprint density at radius 2 is 1.76 bits per heavy atom. The minimum atomic E-state index is -0.922. The van der Waals surface area contributed by atoms with Crippen molar-refractivity contribution in [3.8, 4) is 0 Å². The Hall–Kier alpha value is -2.15. The van der Waals surface area contributed by atoms with Crippen molar-refractivity contribution >= 4 is 34.2 Å². The summed E-state index contributed by atoms with van der Waals surface area (Å²) in [5, 5.41) is 13.2. The van der Waals surface area contributed by atoms with Crippen LogP contribution in [0.5, 0.6) is 0 Å². The van der Waals surface area contributed by atoms with Gasteiger partial charge in [0.25, 0.3) is 0 Å². The molecule has 2 bridgehead atoms. The van der Waals surface area contributed by atoms with Crippen molar-refractivity contribution in [3.63, 3.8) is 0 Å². The summed E-state index contributed by atoms with van der Waals surface area (Å²) in [7, 11) is 0. The fourth-order valence-corrected chi connectivity index (χ4v) is 6.31. The van der Waals surface area contributed by atoms with Crippen LogP contribution in [0, 0.1) is 23.7 Å². The average Bonchev–Trinajstić information content (AvgIpc) is 3.05. The maximum Gasteiger partial charge on any atom is 0.341 e. The van der Waals surface area contributed by atoms with Gasteiger partial charge in [0.2, 0.25) is 5.91 Å². The Bertz CT molecular complexity index is 871. The van der Waals surface area contributed by atoms with E-state index in [2.05, 4.69) is 5.32 Å². The summed E-state index contributed by atoms with van der Waals surface area (Å²) in [4.78, 5) is 39.0. The second-order valence-electron chi connectivity index (χ2n) is 8.54. The summed E-state index contributed by atoms with van der Waals surface area (Å²) in [5.74, 6) is -3.11. The number of aryl methyl sites for hydroxylation is 1. The average molecular weight is 418 g/mol. The van der Waals surface area contributed by atoms with Crippen LogP contribution in [-0.2, 0) is 27.2 Å². The first-order valence-electron chi connectivity index (χ1n) is 10.4. The van der Waals surface area contributed by atoms with Crippen LogP contribution in [0.1, 0.15) is 60.3 Å². The molecule has 2 N–H and O–H groups in total. The molecule has 4 aliphatic carbocycles. The molecule has 1 aromatic heterocycles. The largest absolute Gasteiger partial charge is 0.481 e. The fraction of sp³-hybridized carbons (Fsp3) is 0.591. The molecule has 4 atom stereocenters. The molecule has 7 heteroatoms. The SMILES string of the molecule is CC(C)OC(=O)c1c(NC(=O)[C@H]2[C@H](C(=O)O)[C@H]3C=C[C@H]2CC3)sc2c1CCCC2. The number of allylic oxidation sites excluding steroid dienone is 2. The maximum atomic E-state index is 13.2. The molecular weight excluding hydrogens is 390 g/mol. The Kier molecular flexibility index (Phi) is 5.51. The second kappa shape index (κ2) is 7.94. The van der Waals surface area contributed by atoms with Crippen LogP contribution in [-0.4, -0.2) is 29.1 Å². The first-order valence-corrected chi connectivity index (χ1v) is 11.3. The third-order valence-electron chi connectivity index (χ3n) is 6.29. The van der Waals surface area contributed by atoms with Gasteiger partial charge in [-0.3, -0.25) is 9.59 Å². The summed E-state index contributed by atoms with van der Waals surface area (Å²) in [6.45, 7) is 3.61. The molecule has 5 rings (SSSR count). The van der Waals surface area contributed by atoms with Gasteiger partial charge in [-0.25, -0.2) is 4.79 Å². The van der Waals surface area contributed by atoms with Crippen LogP contribution >= 0.6 is 11.3 Å². The summed E-state index contributed by atoms with van der Waals surface area (Å²) in [6, 6.07) is 0. The molecule has 0 aliphatic heterocycles. The van der Waals surface area contributed by atoms with E-state index in [0.717, 1.165) is 49.0 Å². The van der Waals surface area contributed by atoms with Crippen LogP contribution in [0.2, 0.25) is 0 Å². The smallest absolute Gasteiger partial charge is 0.341 e. The first kappa shape index (κ1) is 20.1. The highest BCUT2D eigenvalue weighted by Gasteiger charge is 2.48. The molecule has 1 fully saturated rings. The summed E-state index contributed by atoms with van der Waals surface area (Å²) >= 11 is 1.44. The molecule has 0 aromatic carbocycles. The van der Waals surface area contributed by atoms with E-state index in [1.807, 2.05) is 12.2 Å². The van der Waals surface area contributed by atoms with Gasteiger partial charge in [-0.2, -0.15) is 0 Å². The number of anilines is 1. The van der Waals surface area contributed by atoms with Gasteiger partial charge in [0, 0.05) is 4.88 Å². The number of thiophene rings is 1. The van der Waals surface area contributed by atoms with E-state index in [-0.39, 0.29) is 23.8 Å². The number of fused-ring (bicyclic) bond motifs is 3. The molecular formula is C22H27NO5S. The molecule has 1 saturated carbocycles. The van der Waals surface area contributed by atoms with E-state index in [1.165, 1.54) is 11.3 Å². The molecule has 0 radical (unpaired) electrons. The first-order chi connectivity index (χ1) is 13.9. The summed E-state index contributed by atoms with van der Waals surface area (Å²) in [5.41, 5.74) is 1.46. The van der Waals surface area contributed by atoms with Gasteiger partial charge in [-0.15, -0.1) is 11.3 Å². The van der Waals surface area contributed by atoms with Crippen LogP contribution in [0.25, 0.3) is 0 Å². The minimum absolute atomic E-state index is 0.0678. The zero-order chi connectivity index (χ0) is 20.7. The minimum Gasteiger partial charge on any atom is -0.481 e. The highest BCUT2D eigenvalue weighted by atomic mass is 32.1. The molecule has 4 aliphatic rings. The lowest BCUT2D eigenvalue weighted by molar-refractivity contribution is -0.151. The molecule has 0 spiro atoms. The number of carboxylic acids is 1.